The van der Waals surface area contributed by atoms with Crippen LogP contribution in [0.4, 0.5) is 0 Å². The van der Waals surface area contributed by atoms with E-state index in [0.717, 1.165) is 41.8 Å². The van der Waals surface area contributed by atoms with Crippen molar-refractivity contribution in [1.29, 1.82) is 0 Å². The number of aliphatic imine (C=N–C) groups is 1. The van der Waals surface area contributed by atoms with Crippen LogP contribution < -0.4 is 25.9 Å². The highest BCUT2D eigenvalue weighted by Crippen LogP contribution is 2.28. The monoisotopic (exact) mass is 578 g/mol. The van der Waals surface area contributed by atoms with Crippen molar-refractivity contribution in [2.45, 2.75) is 45.1 Å². The minimum absolute atomic E-state index is 0.0483. The molecule has 0 bridgehead atoms. The van der Waals surface area contributed by atoms with Gasteiger partial charge in [-0.15, -0.1) is 0 Å². The molecule has 1 unspecified atom stereocenters. The maximum Gasteiger partial charge on any atom is 0.251 e. The van der Waals surface area contributed by atoms with Crippen LogP contribution in [0.25, 0.3) is 0 Å². The molecule has 0 aromatic heterocycles. The Morgan fingerprint density at radius 3 is 2.83 bits per heavy atom. The Morgan fingerprint density at radius 2 is 2.07 bits per heavy atom. The van der Waals surface area contributed by atoms with Gasteiger partial charge in [-0.25, -0.2) is 0 Å². The number of nitrogens with one attached hydrogen (secondary N) is 2. The first-order chi connectivity index (χ1) is 20.5. The molecule has 0 spiro atoms. The van der Waals surface area contributed by atoms with E-state index >= 15 is 0 Å². The largest absolute Gasteiger partial charge is 0.497 e. The number of nitrogens with zero attached hydrogens (tertiary/aromatic N) is 3. The molecule has 226 valence electrons. The van der Waals surface area contributed by atoms with Gasteiger partial charge in [0.2, 0.25) is 5.91 Å². The highest BCUT2D eigenvalue weighted by atomic mass is 16.5. The Morgan fingerprint density at radius 1 is 1.21 bits per heavy atom. The molecule has 42 heavy (non-hydrogen) atoms. The van der Waals surface area contributed by atoms with E-state index in [1.165, 1.54) is 6.21 Å². The lowest BCUT2D eigenvalue weighted by molar-refractivity contribution is -0.131. The van der Waals surface area contributed by atoms with E-state index in [9.17, 15) is 14.4 Å². The highest BCUT2D eigenvalue weighted by Gasteiger charge is 2.25. The molecule has 1 fully saturated rings. The molecule has 1 aliphatic rings. The van der Waals surface area contributed by atoms with Gasteiger partial charge in [0, 0.05) is 74.9 Å². The normalized spacial score (nSPS) is 15.4. The molecule has 1 heterocycles. The van der Waals surface area contributed by atoms with Crippen molar-refractivity contribution in [1.82, 2.24) is 15.5 Å². The summed E-state index contributed by atoms with van der Waals surface area (Å²) in [6.07, 6.45) is 4.94. The summed E-state index contributed by atoms with van der Waals surface area (Å²) >= 11 is 0. The van der Waals surface area contributed by atoms with Gasteiger partial charge in [-0.1, -0.05) is 18.2 Å². The van der Waals surface area contributed by atoms with Crippen molar-refractivity contribution in [2.24, 2.45) is 15.9 Å². The zero-order valence-corrected chi connectivity index (χ0v) is 24.5. The predicted octanol–water partition coefficient (Wildman–Crippen LogP) is 2.68. The van der Waals surface area contributed by atoms with Gasteiger partial charge in [0.25, 0.3) is 5.91 Å². The summed E-state index contributed by atoms with van der Waals surface area (Å²) in [7, 11) is 1.62. The number of carbonyl (C=O) groups excluding carboxylic acids is 3. The maximum absolute atomic E-state index is 13.1. The minimum atomic E-state index is -0.191. The van der Waals surface area contributed by atoms with E-state index in [1.807, 2.05) is 48.2 Å². The summed E-state index contributed by atoms with van der Waals surface area (Å²) < 4.78 is 11.0. The average Bonchev–Trinajstić information content (AvgIpc) is 3.03. The number of carbonyl (C=O) groups is 3. The van der Waals surface area contributed by atoms with E-state index in [4.69, 9.17) is 15.3 Å². The number of rotatable bonds is 16. The highest BCUT2D eigenvalue weighted by molar-refractivity contribution is 6.30. The van der Waals surface area contributed by atoms with Crippen molar-refractivity contribution in [3.8, 4) is 11.5 Å². The number of ether oxygens (including phenoxy) is 2. The van der Waals surface area contributed by atoms with Crippen molar-refractivity contribution < 1.29 is 23.9 Å². The average molecular weight is 579 g/mol. The van der Waals surface area contributed by atoms with Crippen LogP contribution in [0, 0.1) is 0 Å². The number of likely N-dealkylation sites (tertiary alicyclic amines) is 1. The molecule has 4 N–H and O–H groups in total. The SMILES string of the molecule is CCOc1cc(OC)ccc1CNCC(=O)N1CCCC(c2cccc(C(=O)NCC/C(C=NCCC=O)=N/N)c2)C1. The smallest absolute Gasteiger partial charge is 0.251 e. The van der Waals surface area contributed by atoms with Gasteiger partial charge < -0.3 is 35.6 Å². The van der Waals surface area contributed by atoms with Gasteiger partial charge in [-0.05, 0) is 43.5 Å². The fourth-order valence-electron chi connectivity index (χ4n) is 4.79. The molecule has 2 aromatic rings. The zero-order chi connectivity index (χ0) is 30.2. The molecule has 0 aliphatic carbocycles. The van der Waals surface area contributed by atoms with E-state index in [2.05, 4.69) is 20.7 Å². The second kappa shape index (κ2) is 17.5. The summed E-state index contributed by atoms with van der Waals surface area (Å²) in [5, 5.41) is 9.84. The maximum atomic E-state index is 13.1. The van der Waals surface area contributed by atoms with Gasteiger partial charge in [0.15, 0.2) is 0 Å². The van der Waals surface area contributed by atoms with Gasteiger partial charge in [0.1, 0.15) is 17.8 Å². The zero-order valence-electron chi connectivity index (χ0n) is 24.5. The van der Waals surface area contributed by atoms with Gasteiger partial charge in [0.05, 0.1) is 26.0 Å². The molecule has 11 heteroatoms. The molecule has 11 nitrogen and oxygen atoms in total. The van der Waals surface area contributed by atoms with E-state index in [-0.39, 0.29) is 24.3 Å². The van der Waals surface area contributed by atoms with E-state index in [0.29, 0.717) is 63.4 Å². The van der Waals surface area contributed by atoms with E-state index in [1.54, 1.807) is 13.2 Å². The fraction of sp³-hybridized carbons (Fsp3) is 0.452. The van der Waals surface area contributed by atoms with Crippen molar-refractivity contribution in [2.75, 3.05) is 46.4 Å². The summed E-state index contributed by atoms with van der Waals surface area (Å²) in [5.41, 5.74) is 3.11. The second-order valence-electron chi connectivity index (χ2n) is 9.93. The van der Waals surface area contributed by atoms with Crippen LogP contribution in [0.15, 0.2) is 52.6 Å². The van der Waals surface area contributed by atoms with Crippen LogP contribution in [-0.4, -0.2) is 81.4 Å². The third-order valence-electron chi connectivity index (χ3n) is 7.01. The minimum Gasteiger partial charge on any atom is -0.497 e. The van der Waals surface area contributed by atoms with Crippen LogP contribution in [0.5, 0.6) is 11.5 Å². The Kier molecular flexibility index (Phi) is 13.5. The number of benzene rings is 2. The molecule has 2 aromatic carbocycles. The number of piperidine rings is 1. The number of methoxy groups -OCH3 is 1. The molecule has 1 atom stereocenters. The van der Waals surface area contributed by atoms with Crippen LogP contribution >= 0.6 is 0 Å². The van der Waals surface area contributed by atoms with Gasteiger partial charge >= 0.3 is 0 Å². The molecule has 2 amide bonds. The first kappa shape index (κ1) is 32.3. The number of nitrogens with two attached hydrogens (primary N) is 1. The Bertz CT molecular complexity index is 1250. The van der Waals surface area contributed by atoms with Gasteiger partial charge in [-0.2, -0.15) is 5.10 Å². The predicted molar refractivity (Wildman–Crippen MR) is 163 cm³/mol. The van der Waals surface area contributed by atoms with Gasteiger partial charge in [-0.3, -0.25) is 14.6 Å². The summed E-state index contributed by atoms with van der Waals surface area (Å²) in [4.78, 5) is 42.3. The quantitative estimate of drug-likeness (QED) is 0.0912. The number of amides is 2. The first-order valence-corrected chi connectivity index (χ1v) is 14.4. The Balaban J connectivity index is 1.50. The number of aldehydes is 1. The Hall–Kier alpha value is -4.25. The third kappa shape index (κ3) is 9.99. The number of hydrazone groups is 1. The van der Waals surface area contributed by atoms with E-state index < -0.39 is 0 Å². The van der Waals surface area contributed by atoms with Crippen LogP contribution in [0.3, 0.4) is 0 Å². The van der Waals surface area contributed by atoms with Crippen molar-refractivity contribution in [3.05, 3.63) is 59.2 Å². The molecular weight excluding hydrogens is 536 g/mol. The molecule has 0 radical (unpaired) electrons. The van der Waals surface area contributed by atoms with Crippen LogP contribution in [-0.2, 0) is 16.1 Å². The molecule has 0 saturated carbocycles. The third-order valence-corrected chi connectivity index (χ3v) is 7.01. The first-order valence-electron chi connectivity index (χ1n) is 14.4. The topological polar surface area (TPSA) is 148 Å². The lowest BCUT2D eigenvalue weighted by atomic mass is 9.89. The van der Waals surface area contributed by atoms with Crippen LogP contribution in [0.1, 0.15) is 60.0 Å². The number of hydrogen-bond donors (Lipinski definition) is 3. The summed E-state index contributed by atoms with van der Waals surface area (Å²) in [6, 6.07) is 13.3. The molecule has 1 saturated heterocycles. The summed E-state index contributed by atoms with van der Waals surface area (Å²) in [6.45, 7) is 5.25. The molecule has 1 aliphatic heterocycles. The lowest BCUT2D eigenvalue weighted by Gasteiger charge is -2.33. The Labute approximate surface area is 247 Å². The molecular formula is C31H42N6O5. The number of hydrogen-bond acceptors (Lipinski definition) is 9. The fourth-order valence-corrected chi connectivity index (χ4v) is 4.79. The van der Waals surface area contributed by atoms with Crippen molar-refractivity contribution >= 4 is 30.0 Å². The van der Waals surface area contributed by atoms with Crippen LogP contribution in [0.2, 0.25) is 0 Å². The summed E-state index contributed by atoms with van der Waals surface area (Å²) in [5.74, 6) is 6.88. The van der Waals surface area contributed by atoms with Crippen molar-refractivity contribution in [3.63, 3.8) is 0 Å². The lowest BCUT2D eigenvalue weighted by Crippen LogP contribution is -2.43. The molecule has 3 rings (SSSR count). The standard InChI is InChI=1S/C31H42N6O5/c1-3-42-29-18-28(41-2)11-10-25(29)19-34-21-30(39)37-15-5-9-26(22-37)23-7-4-8-24(17-23)31(40)35-14-12-27(36-32)20-33-13-6-16-38/h4,7-8,10-11,16-18,20,26,34H,3,5-6,9,12-15,19,21-22,32H2,1-2H3,(H,35,40)/b33-20?,36-27-. The second-order valence-corrected chi connectivity index (χ2v) is 9.93.